The second-order valence-corrected chi connectivity index (χ2v) is 14.8. The summed E-state index contributed by atoms with van der Waals surface area (Å²) in [4.78, 5) is 21.8. The first-order valence-corrected chi connectivity index (χ1v) is 16.6. The standard InChI is InChI=1S/C32H45N5O4S/c1-32(2,3)31-33-28-21-26(11-14-29(28)37(31)22-24-15-19-41-20-16-24)35(5)42(39,40)27-12-9-25(10-13-27)34(4)30(38)23-36-17-7-6-8-18-36/h9-14,21,24H,6-8,15-20,22-23H2,1-5H3. The molecule has 9 nitrogen and oxygen atoms in total. The number of rotatable bonds is 8. The summed E-state index contributed by atoms with van der Waals surface area (Å²) in [5, 5.41) is 0. The molecule has 0 aliphatic carbocycles. The highest BCUT2D eigenvalue weighted by molar-refractivity contribution is 7.92. The molecule has 0 atom stereocenters. The Morgan fingerprint density at radius 2 is 1.62 bits per heavy atom. The van der Waals surface area contributed by atoms with Gasteiger partial charge in [0.1, 0.15) is 5.82 Å². The van der Waals surface area contributed by atoms with E-state index < -0.39 is 10.0 Å². The third-order valence-corrected chi connectivity index (χ3v) is 10.4. The lowest BCUT2D eigenvalue weighted by atomic mass is 9.94. The molecule has 0 unspecified atom stereocenters. The Morgan fingerprint density at radius 3 is 2.26 bits per heavy atom. The number of nitrogens with zero attached hydrogens (tertiary/aromatic N) is 5. The maximum Gasteiger partial charge on any atom is 0.264 e. The predicted octanol–water partition coefficient (Wildman–Crippen LogP) is 5.03. The van der Waals surface area contributed by atoms with Crippen LogP contribution in [0, 0.1) is 5.92 Å². The molecule has 0 N–H and O–H groups in total. The van der Waals surface area contributed by atoms with E-state index in [2.05, 4.69) is 30.2 Å². The zero-order valence-corrected chi connectivity index (χ0v) is 26.5. The molecular formula is C32H45N5O4S. The normalized spacial score (nSPS) is 17.5. The number of carbonyl (C=O) groups is 1. The van der Waals surface area contributed by atoms with Crippen molar-refractivity contribution in [2.24, 2.45) is 5.92 Å². The largest absolute Gasteiger partial charge is 0.381 e. The van der Waals surface area contributed by atoms with E-state index in [1.54, 1.807) is 43.3 Å². The summed E-state index contributed by atoms with van der Waals surface area (Å²) in [7, 11) is -0.515. The number of amides is 1. The summed E-state index contributed by atoms with van der Waals surface area (Å²) in [5.74, 6) is 1.53. The zero-order chi connectivity index (χ0) is 30.1. The molecule has 2 aliphatic heterocycles. The van der Waals surface area contributed by atoms with Crippen LogP contribution in [0.3, 0.4) is 0 Å². The van der Waals surface area contributed by atoms with Crippen molar-refractivity contribution in [1.82, 2.24) is 14.5 Å². The van der Waals surface area contributed by atoms with Crippen molar-refractivity contribution in [3.63, 3.8) is 0 Å². The number of likely N-dealkylation sites (N-methyl/N-ethyl adjacent to an activating group) is 1. The lowest BCUT2D eigenvalue weighted by Crippen LogP contribution is -2.40. The molecule has 5 rings (SSSR count). The van der Waals surface area contributed by atoms with E-state index in [4.69, 9.17) is 9.72 Å². The number of fused-ring (bicyclic) bond motifs is 1. The summed E-state index contributed by atoms with van der Waals surface area (Å²) in [6.45, 7) is 11.2. The summed E-state index contributed by atoms with van der Waals surface area (Å²) in [5.41, 5.74) is 2.87. The Kier molecular flexibility index (Phi) is 8.97. The minimum absolute atomic E-state index is 0.00353. The zero-order valence-electron chi connectivity index (χ0n) is 25.7. The number of imidazole rings is 1. The van der Waals surface area contributed by atoms with Gasteiger partial charge in [-0.05, 0) is 87.2 Å². The molecule has 0 bridgehead atoms. The van der Waals surface area contributed by atoms with Gasteiger partial charge >= 0.3 is 0 Å². The summed E-state index contributed by atoms with van der Waals surface area (Å²) in [6, 6.07) is 12.3. The Bertz CT molecular complexity index is 1500. The van der Waals surface area contributed by atoms with E-state index >= 15 is 0 Å². The van der Waals surface area contributed by atoms with Gasteiger partial charge in [-0.25, -0.2) is 13.4 Å². The van der Waals surface area contributed by atoms with Gasteiger partial charge in [0.05, 0.1) is 28.2 Å². The number of hydrogen-bond donors (Lipinski definition) is 0. The summed E-state index contributed by atoms with van der Waals surface area (Å²) in [6.07, 6.45) is 5.53. The molecule has 2 saturated heterocycles. The van der Waals surface area contributed by atoms with E-state index in [1.807, 2.05) is 18.2 Å². The molecule has 2 fully saturated rings. The van der Waals surface area contributed by atoms with E-state index in [0.29, 0.717) is 23.8 Å². The average molecular weight is 596 g/mol. The number of likely N-dealkylation sites (tertiary alicyclic amines) is 1. The second-order valence-electron chi connectivity index (χ2n) is 12.8. The van der Waals surface area contributed by atoms with Crippen LogP contribution in [0.25, 0.3) is 11.0 Å². The van der Waals surface area contributed by atoms with Gasteiger partial charge in [-0.15, -0.1) is 0 Å². The quantitative estimate of drug-likeness (QED) is 0.363. The molecule has 2 aromatic carbocycles. The van der Waals surface area contributed by atoms with Crippen LogP contribution in [0.4, 0.5) is 11.4 Å². The number of anilines is 2. The monoisotopic (exact) mass is 595 g/mol. The summed E-state index contributed by atoms with van der Waals surface area (Å²) < 4.78 is 36.5. The number of aromatic nitrogens is 2. The number of carbonyl (C=O) groups excluding carboxylic acids is 1. The highest BCUT2D eigenvalue weighted by Gasteiger charge is 2.27. The molecular weight excluding hydrogens is 550 g/mol. The fraction of sp³-hybridized carbons (Fsp3) is 0.562. The molecule has 42 heavy (non-hydrogen) atoms. The van der Waals surface area contributed by atoms with Crippen LogP contribution >= 0.6 is 0 Å². The van der Waals surface area contributed by atoms with Crippen molar-refractivity contribution in [3.8, 4) is 0 Å². The molecule has 1 amide bonds. The van der Waals surface area contributed by atoms with Gasteiger partial charge in [-0.1, -0.05) is 27.2 Å². The van der Waals surface area contributed by atoms with Crippen molar-refractivity contribution < 1.29 is 17.9 Å². The van der Waals surface area contributed by atoms with Crippen LogP contribution in [-0.2, 0) is 31.5 Å². The third kappa shape index (κ3) is 6.50. The Balaban J connectivity index is 1.35. The first-order chi connectivity index (χ1) is 19.9. The Labute approximate surface area is 250 Å². The smallest absolute Gasteiger partial charge is 0.264 e. The minimum Gasteiger partial charge on any atom is -0.381 e. The van der Waals surface area contributed by atoms with E-state index in [9.17, 15) is 13.2 Å². The maximum absolute atomic E-state index is 13.6. The highest BCUT2D eigenvalue weighted by atomic mass is 32.2. The Morgan fingerprint density at radius 1 is 0.976 bits per heavy atom. The fourth-order valence-corrected chi connectivity index (χ4v) is 7.14. The van der Waals surface area contributed by atoms with Crippen molar-refractivity contribution in [2.75, 3.05) is 56.1 Å². The van der Waals surface area contributed by atoms with Crippen LogP contribution in [0.2, 0.25) is 0 Å². The van der Waals surface area contributed by atoms with Gasteiger partial charge in [-0.3, -0.25) is 14.0 Å². The van der Waals surface area contributed by atoms with Crippen LogP contribution in [-0.4, -0.2) is 75.7 Å². The number of piperidine rings is 1. The highest BCUT2D eigenvalue weighted by Crippen LogP contribution is 2.32. The van der Waals surface area contributed by atoms with Gasteiger partial charge < -0.3 is 14.2 Å². The van der Waals surface area contributed by atoms with Crippen LogP contribution in [0.1, 0.15) is 58.7 Å². The maximum atomic E-state index is 13.6. The number of hydrogen-bond acceptors (Lipinski definition) is 6. The topological polar surface area (TPSA) is 88.0 Å². The number of ether oxygens (including phenoxy) is 1. The van der Waals surface area contributed by atoms with Crippen LogP contribution in [0.5, 0.6) is 0 Å². The summed E-state index contributed by atoms with van der Waals surface area (Å²) >= 11 is 0. The average Bonchev–Trinajstić information content (AvgIpc) is 3.35. The molecule has 3 heterocycles. The number of benzene rings is 2. The first kappa shape index (κ1) is 30.5. The van der Waals surface area contributed by atoms with Crippen LogP contribution in [0.15, 0.2) is 47.4 Å². The predicted molar refractivity (Wildman–Crippen MR) is 168 cm³/mol. The molecule has 0 radical (unpaired) electrons. The van der Waals surface area contributed by atoms with Crippen molar-refractivity contribution in [1.29, 1.82) is 0 Å². The molecule has 3 aromatic rings. The minimum atomic E-state index is -3.83. The molecule has 1 aromatic heterocycles. The van der Waals surface area contributed by atoms with E-state index in [0.717, 1.165) is 75.4 Å². The molecule has 0 saturated carbocycles. The molecule has 2 aliphatic rings. The van der Waals surface area contributed by atoms with Gasteiger partial charge in [-0.2, -0.15) is 0 Å². The molecule has 228 valence electrons. The lowest BCUT2D eigenvalue weighted by molar-refractivity contribution is -0.119. The van der Waals surface area contributed by atoms with Gasteiger partial charge in [0.2, 0.25) is 5.91 Å². The van der Waals surface area contributed by atoms with Gasteiger partial charge in [0.25, 0.3) is 10.0 Å². The van der Waals surface area contributed by atoms with Gasteiger partial charge in [0, 0.05) is 45.0 Å². The Hall–Kier alpha value is -2.95. The third-order valence-electron chi connectivity index (χ3n) is 8.61. The van der Waals surface area contributed by atoms with Crippen LogP contribution < -0.4 is 9.21 Å². The van der Waals surface area contributed by atoms with Crippen molar-refractivity contribution in [3.05, 3.63) is 48.3 Å². The van der Waals surface area contributed by atoms with Crippen molar-refractivity contribution in [2.45, 2.75) is 69.7 Å². The SMILES string of the molecule is CN(C(=O)CN1CCCCC1)c1ccc(S(=O)(=O)N(C)c2ccc3c(c2)nc(C(C)(C)C)n3CC2CCOCC2)cc1. The molecule has 10 heteroatoms. The van der Waals surface area contributed by atoms with Crippen molar-refractivity contribution >= 4 is 38.3 Å². The fourth-order valence-electron chi connectivity index (χ4n) is 5.96. The van der Waals surface area contributed by atoms with E-state index in [-0.39, 0.29) is 16.2 Å². The first-order valence-electron chi connectivity index (χ1n) is 15.1. The lowest BCUT2D eigenvalue weighted by Gasteiger charge is -2.28. The second kappa shape index (κ2) is 12.3. The number of sulfonamides is 1. The van der Waals surface area contributed by atoms with E-state index in [1.165, 1.54) is 10.7 Å². The van der Waals surface area contributed by atoms with Gasteiger partial charge in [0.15, 0.2) is 0 Å². The molecule has 0 spiro atoms.